The van der Waals surface area contributed by atoms with Gasteiger partial charge in [0.05, 0.1) is 0 Å². The van der Waals surface area contributed by atoms with Gasteiger partial charge in [-0.25, -0.2) is 9.78 Å². The van der Waals surface area contributed by atoms with E-state index in [0.717, 1.165) is 12.8 Å². The van der Waals surface area contributed by atoms with Crippen LogP contribution in [0.2, 0.25) is 0 Å². The number of rotatable bonds is 3. The molecule has 0 spiro atoms. The lowest BCUT2D eigenvalue weighted by Crippen LogP contribution is -2.28. The molecule has 0 saturated heterocycles. The third-order valence-corrected chi connectivity index (χ3v) is 2.64. The Balaban J connectivity index is 2.22. The van der Waals surface area contributed by atoms with Gasteiger partial charge in [0.15, 0.2) is 0 Å². The maximum Gasteiger partial charge on any atom is 0.354 e. The molecule has 1 aromatic rings. The number of aromatic nitrogens is 1. The van der Waals surface area contributed by atoms with E-state index >= 15 is 0 Å². The average molecular weight is 220 g/mol. The molecule has 84 valence electrons. The number of carboxylic acids is 1. The van der Waals surface area contributed by atoms with Crippen molar-refractivity contribution in [3.8, 4) is 0 Å². The summed E-state index contributed by atoms with van der Waals surface area (Å²) in [5.74, 6) is -1.27. The fourth-order valence-corrected chi connectivity index (χ4v) is 1.51. The van der Waals surface area contributed by atoms with Crippen molar-refractivity contribution >= 4 is 11.9 Å². The Morgan fingerprint density at radius 2 is 2.19 bits per heavy atom. The summed E-state index contributed by atoms with van der Waals surface area (Å²) >= 11 is 0. The van der Waals surface area contributed by atoms with Crippen molar-refractivity contribution < 1.29 is 14.7 Å². The van der Waals surface area contributed by atoms with Gasteiger partial charge < -0.3 is 10.0 Å². The topological polar surface area (TPSA) is 70.5 Å². The summed E-state index contributed by atoms with van der Waals surface area (Å²) < 4.78 is 0. The standard InChI is InChI=1S/C11H12N2O3/c1-13(8-2-3-8)10(14)7-4-5-12-9(6-7)11(15)16/h4-6,8H,2-3H2,1H3,(H,15,16). The van der Waals surface area contributed by atoms with Crippen molar-refractivity contribution in [3.63, 3.8) is 0 Å². The van der Waals surface area contributed by atoms with Crippen molar-refractivity contribution in [2.75, 3.05) is 7.05 Å². The molecule has 0 unspecified atom stereocenters. The van der Waals surface area contributed by atoms with Gasteiger partial charge in [-0.2, -0.15) is 0 Å². The van der Waals surface area contributed by atoms with Crippen LogP contribution in [0.3, 0.4) is 0 Å². The Morgan fingerprint density at radius 1 is 1.50 bits per heavy atom. The second-order valence-corrected chi connectivity index (χ2v) is 3.88. The van der Waals surface area contributed by atoms with Crippen molar-refractivity contribution in [1.82, 2.24) is 9.88 Å². The second-order valence-electron chi connectivity index (χ2n) is 3.88. The van der Waals surface area contributed by atoms with Gasteiger partial charge in [-0.15, -0.1) is 0 Å². The van der Waals surface area contributed by atoms with E-state index in [4.69, 9.17) is 5.11 Å². The minimum atomic E-state index is -1.12. The highest BCUT2D eigenvalue weighted by Crippen LogP contribution is 2.26. The first-order chi connectivity index (χ1) is 7.59. The smallest absolute Gasteiger partial charge is 0.354 e. The zero-order chi connectivity index (χ0) is 11.7. The van der Waals surface area contributed by atoms with Crippen LogP contribution in [0.15, 0.2) is 18.3 Å². The van der Waals surface area contributed by atoms with E-state index in [1.807, 2.05) is 0 Å². The van der Waals surface area contributed by atoms with E-state index in [9.17, 15) is 9.59 Å². The average Bonchev–Trinajstić information content (AvgIpc) is 3.11. The van der Waals surface area contributed by atoms with Crippen LogP contribution < -0.4 is 0 Å². The van der Waals surface area contributed by atoms with E-state index in [1.54, 1.807) is 11.9 Å². The first-order valence-corrected chi connectivity index (χ1v) is 5.06. The highest BCUT2D eigenvalue weighted by molar-refractivity contribution is 5.96. The fourth-order valence-electron chi connectivity index (χ4n) is 1.51. The lowest BCUT2D eigenvalue weighted by atomic mass is 10.2. The first-order valence-electron chi connectivity index (χ1n) is 5.06. The van der Waals surface area contributed by atoms with E-state index in [-0.39, 0.29) is 11.6 Å². The first kappa shape index (κ1) is 10.6. The molecule has 1 fully saturated rings. The molecule has 1 aliphatic carbocycles. The van der Waals surface area contributed by atoms with Crippen LogP contribution in [-0.2, 0) is 0 Å². The highest BCUT2D eigenvalue weighted by atomic mass is 16.4. The molecule has 0 radical (unpaired) electrons. The normalized spacial score (nSPS) is 14.6. The number of hydrogen-bond acceptors (Lipinski definition) is 3. The largest absolute Gasteiger partial charge is 0.477 e. The van der Waals surface area contributed by atoms with E-state index in [1.165, 1.54) is 18.3 Å². The molecule has 16 heavy (non-hydrogen) atoms. The van der Waals surface area contributed by atoms with Crippen LogP contribution >= 0.6 is 0 Å². The van der Waals surface area contributed by atoms with Crippen molar-refractivity contribution in [1.29, 1.82) is 0 Å². The Hall–Kier alpha value is -1.91. The quantitative estimate of drug-likeness (QED) is 0.825. The van der Waals surface area contributed by atoms with Crippen LogP contribution in [0.25, 0.3) is 0 Å². The Labute approximate surface area is 92.7 Å². The lowest BCUT2D eigenvalue weighted by Gasteiger charge is -2.16. The number of carbonyl (C=O) groups is 2. The third-order valence-electron chi connectivity index (χ3n) is 2.64. The summed E-state index contributed by atoms with van der Waals surface area (Å²) in [6.45, 7) is 0. The molecule has 1 aromatic heterocycles. The molecule has 5 heteroatoms. The van der Waals surface area contributed by atoms with Gasteiger partial charge >= 0.3 is 5.97 Å². The number of hydrogen-bond donors (Lipinski definition) is 1. The number of aromatic carboxylic acids is 1. The molecular formula is C11H12N2O3. The monoisotopic (exact) mass is 220 g/mol. The van der Waals surface area contributed by atoms with Gasteiger partial charge in [-0.1, -0.05) is 0 Å². The Morgan fingerprint density at radius 3 is 2.75 bits per heavy atom. The van der Waals surface area contributed by atoms with Gasteiger partial charge in [0, 0.05) is 24.8 Å². The summed E-state index contributed by atoms with van der Waals surface area (Å²) in [5.41, 5.74) is 0.275. The Bertz CT molecular complexity index is 441. The molecule has 1 heterocycles. The Kier molecular flexibility index (Phi) is 2.60. The van der Waals surface area contributed by atoms with Crippen LogP contribution in [-0.4, -0.2) is 40.0 Å². The lowest BCUT2D eigenvalue weighted by molar-refractivity contribution is 0.0690. The van der Waals surface area contributed by atoms with Gasteiger partial charge in [-0.3, -0.25) is 4.79 Å². The predicted octanol–water partition coefficient (Wildman–Crippen LogP) is 1.01. The summed E-state index contributed by atoms with van der Waals surface area (Å²) in [4.78, 5) is 27.9. The molecule has 1 N–H and O–H groups in total. The van der Waals surface area contributed by atoms with Crippen LogP contribution in [0.5, 0.6) is 0 Å². The van der Waals surface area contributed by atoms with Crippen molar-refractivity contribution in [3.05, 3.63) is 29.6 Å². The van der Waals surface area contributed by atoms with Crippen molar-refractivity contribution in [2.24, 2.45) is 0 Å². The molecule has 1 aliphatic rings. The molecule has 0 bridgehead atoms. The van der Waals surface area contributed by atoms with Crippen LogP contribution in [0.4, 0.5) is 0 Å². The van der Waals surface area contributed by atoms with E-state index in [0.29, 0.717) is 11.6 Å². The van der Waals surface area contributed by atoms with Crippen LogP contribution in [0.1, 0.15) is 33.7 Å². The van der Waals surface area contributed by atoms with Gasteiger partial charge in [0.2, 0.25) is 0 Å². The van der Waals surface area contributed by atoms with E-state index in [2.05, 4.69) is 4.98 Å². The number of carbonyl (C=O) groups excluding carboxylic acids is 1. The minimum Gasteiger partial charge on any atom is -0.477 e. The molecule has 2 rings (SSSR count). The molecule has 5 nitrogen and oxygen atoms in total. The van der Waals surface area contributed by atoms with Crippen molar-refractivity contribution in [2.45, 2.75) is 18.9 Å². The summed E-state index contributed by atoms with van der Waals surface area (Å²) in [6.07, 6.45) is 3.40. The highest BCUT2D eigenvalue weighted by Gasteiger charge is 2.30. The molecule has 0 atom stereocenters. The zero-order valence-corrected chi connectivity index (χ0v) is 8.88. The van der Waals surface area contributed by atoms with E-state index < -0.39 is 5.97 Å². The predicted molar refractivity (Wildman–Crippen MR) is 56.3 cm³/mol. The third kappa shape index (κ3) is 2.03. The van der Waals surface area contributed by atoms with Crippen LogP contribution in [0, 0.1) is 0 Å². The molecular weight excluding hydrogens is 208 g/mol. The number of amides is 1. The summed E-state index contributed by atoms with van der Waals surface area (Å²) in [5, 5.41) is 8.76. The zero-order valence-electron chi connectivity index (χ0n) is 8.88. The minimum absolute atomic E-state index is 0.102. The van der Waals surface area contributed by atoms with Gasteiger partial charge in [-0.05, 0) is 25.0 Å². The summed E-state index contributed by atoms with van der Waals surface area (Å²) in [6, 6.07) is 3.16. The number of nitrogens with zero attached hydrogens (tertiary/aromatic N) is 2. The van der Waals surface area contributed by atoms with Gasteiger partial charge in [0.25, 0.3) is 5.91 Å². The molecule has 1 saturated carbocycles. The number of carboxylic acid groups (broad SMARTS) is 1. The van der Waals surface area contributed by atoms with Gasteiger partial charge in [0.1, 0.15) is 5.69 Å². The molecule has 0 aliphatic heterocycles. The number of pyridine rings is 1. The summed E-state index contributed by atoms with van der Waals surface area (Å²) in [7, 11) is 1.74. The second kappa shape index (κ2) is 3.92. The maximum atomic E-state index is 11.9. The fraction of sp³-hybridized carbons (Fsp3) is 0.364. The molecule has 1 amide bonds. The molecule has 0 aromatic carbocycles. The maximum absolute atomic E-state index is 11.9. The SMILES string of the molecule is CN(C(=O)c1ccnc(C(=O)O)c1)C1CC1.